The zero-order chi connectivity index (χ0) is 17.9. The largest absolute Gasteiger partial charge is 0.377 e. The molecule has 26 heavy (non-hydrogen) atoms. The fourth-order valence-corrected chi connectivity index (χ4v) is 4.49. The Bertz CT molecular complexity index is 780. The van der Waals surface area contributed by atoms with Crippen molar-refractivity contribution in [3.63, 3.8) is 0 Å². The number of fused-ring (bicyclic) bond motifs is 1. The molecule has 1 aromatic heterocycles. The molecule has 0 bridgehead atoms. The van der Waals surface area contributed by atoms with Gasteiger partial charge in [-0.15, -0.1) is 0 Å². The van der Waals surface area contributed by atoms with Crippen LogP contribution in [0.1, 0.15) is 38.5 Å². The van der Waals surface area contributed by atoms with Gasteiger partial charge >= 0.3 is 5.69 Å². The summed E-state index contributed by atoms with van der Waals surface area (Å²) in [6.45, 7) is 3.39. The summed E-state index contributed by atoms with van der Waals surface area (Å²) in [5.41, 5.74) is 1.42. The molecule has 2 heterocycles. The van der Waals surface area contributed by atoms with Crippen LogP contribution in [0.15, 0.2) is 30.5 Å². The maximum absolute atomic E-state index is 11.7. The number of likely N-dealkylation sites (tertiary alicyclic amines) is 1. The third-order valence-electron chi connectivity index (χ3n) is 5.88. The fraction of sp³-hybridized carbons (Fsp3) is 0.550. The summed E-state index contributed by atoms with van der Waals surface area (Å²) < 4.78 is 0. The Morgan fingerprint density at radius 3 is 2.65 bits per heavy atom. The fourth-order valence-electron chi connectivity index (χ4n) is 4.49. The number of nitrogens with one attached hydrogen (secondary N) is 1. The molecule has 1 aliphatic heterocycles. The van der Waals surface area contributed by atoms with Gasteiger partial charge in [-0.05, 0) is 55.9 Å². The van der Waals surface area contributed by atoms with Crippen LogP contribution in [-0.4, -0.2) is 40.5 Å². The van der Waals surface area contributed by atoms with Gasteiger partial charge in [-0.25, -0.2) is 0 Å². The summed E-state index contributed by atoms with van der Waals surface area (Å²) in [7, 11) is 0. The lowest BCUT2D eigenvalue weighted by atomic mass is 10.0. The van der Waals surface area contributed by atoms with Crippen molar-refractivity contribution in [3.8, 4) is 0 Å². The lowest BCUT2D eigenvalue weighted by molar-refractivity contribution is -0.382. The molecule has 2 fully saturated rings. The van der Waals surface area contributed by atoms with Crippen molar-refractivity contribution in [3.05, 3.63) is 40.6 Å². The van der Waals surface area contributed by atoms with Crippen molar-refractivity contribution < 1.29 is 4.92 Å². The summed E-state index contributed by atoms with van der Waals surface area (Å²) in [5, 5.41) is 15.7. The van der Waals surface area contributed by atoms with E-state index in [1.54, 1.807) is 24.4 Å². The van der Waals surface area contributed by atoms with Gasteiger partial charge in [-0.3, -0.25) is 15.1 Å². The molecule has 1 aliphatic carbocycles. The number of pyridine rings is 1. The summed E-state index contributed by atoms with van der Waals surface area (Å²) in [6, 6.07) is 7.48. The van der Waals surface area contributed by atoms with Crippen LogP contribution in [0.2, 0.25) is 0 Å². The minimum Gasteiger partial charge on any atom is -0.377 e. The van der Waals surface area contributed by atoms with Gasteiger partial charge in [-0.1, -0.05) is 12.8 Å². The standard InChI is InChI=1S/C20H26N4O2/c25-24(26)20-17-6-3-11-21-18(17)7-8-19(20)22-16-9-12-23(13-10-16)14-15-4-1-2-5-15/h3,6-8,11,15-16,22H,1-2,4-5,9-10,12-14H2. The highest BCUT2D eigenvalue weighted by molar-refractivity contribution is 5.94. The molecule has 4 rings (SSSR count). The molecule has 0 radical (unpaired) electrons. The number of hydrogen-bond acceptors (Lipinski definition) is 5. The molecular weight excluding hydrogens is 328 g/mol. The molecule has 1 N–H and O–H groups in total. The van der Waals surface area contributed by atoms with Gasteiger partial charge in [0.15, 0.2) is 0 Å². The predicted octanol–water partition coefficient (Wildman–Crippen LogP) is 4.21. The summed E-state index contributed by atoms with van der Waals surface area (Å²) in [6.07, 6.45) is 9.29. The van der Waals surface area contributed by atoms with E-state index in [2.05, 4.69) is 15.2 Å². The van der Waals surface area contributed by atoms with Crippen molar-refractivity contribution >= 4 is 22.3 Å². The second-order valence-electron chi connectivity index (χ2n) is 7.66. The second kappa shape index (κ2) is 7.58. The molecule has 6 nitrogen and oxygen atoms in total. The normalized spacial score (nSPS) is 19.8. The minimum absolute atomic E-state index is 0.143. The van der Waals surface area contributed by atoms with Crippen LogP contribution >= 0.6 is 0 Å². The van der Waals surface area contributed by atoms with Crippen molar-refractivity contribution in [2.75, 3.05) is 25.0 Å². The first kappa shape index (κ1) is 17.2. The van der Waals surface area contributed by atoms with Gasteiger partial charge in [0.25, 0.3) is 0 Å². The number of benzene rings is 1. The van der Waals surface area contributed by atoms with E-state index in [1.807, 2.05) is 6.07 Å². The average Bonchev–Trinajstić information content (AvgIpc) is 3.16. The van der Waals surface area contributed by atoms with Gasteiger partial charge in [0.2, 0.25) is 0 Å². The number of nitro benzene ring substituents is 1. The van der Waals surface area contributed by atoms with E-state index in [9.17, 15) is 10.1 Å². The molecular formula is C20H26N4O2. The van der Waals surface area contributed by atoms with Gasteiger partial charge in [-0.2, -0.15) is 0 Å². The molecule has 0 unspecified atom stereocenters. The molecule has 1 saturated heterocycles. The number of nitrogens with zero attached hydrogens (tertiary/aromatic N) is 3. The zero-order valence-corrected chi connectivity index (χ0v) is 15.1. The van der Waals surface area contributed by atoms with Crippen LogP contribution in [0.4, 0.5) is 11.4 Å². The van der Waals surface area contributed by atoms with E-state index in [-0.39, 0.29) is 10.6 Å². The third kappa shape index (κ3) is 3.65. The summed E-state index contributed by atoms with van der Waals surface area (Å²) >= 11 is 0. The van der Waals surface area contributed by atoms with Gasteiger partial charge < -0.3 is 10.2 Å². The molecule has 2 aliphatic rings. The van der Waals surface area contributed by atoms with Crippen LogP contribution in [-0.2, 0) is 0 Å². The van der Waals surface area contributed by atoms with Crippen LogP contribution in [0, 0.1) is 16.0 Å². The smallest absolute Gasteiger partial charge is 0.301 e. The van der Waals surface area contributed by atoms with Crippen molar-refractivity contribution in [1.82, 2.24) is 9.88 Å². The first-order chi connectivity index (χ1) is 12.7. The highest BCUT2D eigenvalue weighted by atomic mass is 16.6. The number of rotatable bonds is 5. The van der Waals surface area contributed by atoms with E-state index < -0.39 is 0 Å². The SMILES string of the molecule is O=[N+]([O-])c1c(NC2CCN(CC3CCCC3)CC2)ccc2ncccc12. The van der Waals surface area contributed by atoms with Crippen molar-refractivity contribution in [2.24, 2.45) is 5.92 Å². The molecule has 1 saturated carbocycles. The Morgan fingerprint density at radius 1 is 1.15 bits per heavy atom. The van der Waals surface area contributed by atoms with Crippen molar-refractivity contribution in [2.45, 2.75) is 44.6 Å². The number of piperidine rings is 1. The van der Waals surface area contributed by atoms with Gasteiger partial charge in [0.1, 0.15) is 5.69 Å². The topological polar surface area (TPSA) is 71.3 Å². The summed E-state index contributed by atoms with van der Waals surface area (Å²) in [4.78, 5) is 18.2. The first-order valence-corrected chi connectivity index (χ1v) is 9.72. The highest BCUT2D eigenvalue weighted by Crippen LogP contribution is 2.34. The Balaban J connectivity index is 1.43. The Labute approximate surface area is 153 Å². The molecule has 0 atom stereocenters. The number of nitro groups is 1. The van der Waals surface area contributed by atoms with E-state index in [4.69, 9.17) is 0 Å². The lowest BCUT2D eigenvalue weighted by Gasteiger charge is -2.34. The molecule has 1 aromatic carbocycles. The van der Waals surface area contributed by atoms with Crippen LogP contribution in [0.5, 0.6) is 0 Å². The number of aromatic nitrogens is 1. The van der Waals surface area contributed by atoms with Gasteiger partial charge in [0, 0.05) is 31.9 Å². The maximum Gasteiger partial charge on any atom is 0.301 e. The third-order valence-corrected chi connectivity index (χ3v) is 5.88. The molecule has 138 valence electrons. The lowest BCUT2D eigenvalue weighted by Crippen LogP contribution is -2.41. The Hall–Kier alpha value is -2.21. The van der Waals surface area contributed by atoms with Crippen LogP contribution in [0.25, 0.3) is 10.9 Å². The highest BCUT2D eigenvalue weighted by Gasteiger charge is 2.26. The van der Waals surface area contributed by atoms with Gasteiger partial charge in [0.05, 0.1) is 15.8 Å². The van der Waals surface area contributed by atoms with Crippen LogP contribution in [0.3, 0.4) is 0 Å². The number of hydrogen-bond donors (Lipinski definition) is 1. The van der Waals surface area contributed by atoms with Crippen LogP contribution < -0.4 is 5.32 Å². The first-order valence-electron chi connectivity index (χ1n) is 9.72. The quantitative estimate of drug-likeness (QED) is 0.643. The Morgan fingerprint density at radius 2 is 1.92 bits per heavy atom. The molecule has 2 aromatic rings. The second-order valence-corrected chi connectivity index (χ2v) is 7.66. The van der Waals surface area contributed by atoms with E-state index >= 15 is 0 Å². The minimum atomic E-state index is -0.290. The predicted molar refractivity (Wildman–Crippen MR) is 103 cm³/mol. The summed E-state index contributed by atoms with van der Waals surface area (Å²) in [5.74, 6) is 0.883. The van der Waals surface area contributed by atoms with E-state index in [1.165, 1.54) is 32.2 Å². The average molecular weight is 354 g/mol. The molecule has 6 heteroatoms. The monoisotopic (exact) mass is 354 g/mol. The maximum atomic E-state index is 11.7. The molecule has 0 spiro atoms. The number of anilines is 1. The van der Waals surface area contributed by atoms with Crippen molar-refractivity contribution in [1.29, 1.82) is 0 Å². The Kier molecular flexibility index (Phi) is 5.02. The van der Waals surface area contributed by atoms with E-state index in [0.29, 0.717) is 22.6 Å². The zero-order valence-electron chi connectivity index (χ0n) is 15.1. The molecule has 0 amide bonds. The van der Waals surface area contributed by atoms with E-state index in [0.717, 1.165) is 31.8 Å².